The van der Waals surface area contributed by atoms with Crippen molar-refractivity contribution in [2.75, 3.05) is 34.7 Å². The van der Waals surface area contributed by atoms with E-state index in [0.717, 1.165) is 21.9 Å². The number of likely N-dealkylation sites (N-methyl/N-ethyl adjacent to an activating group) is 3. The summed E-state index contributed by atoms with van der Waals surface area (Å²) in [4.78, 5) is 84.4. The van der Waals surface area contributed by atoms with Crippen molar-refractivity contribution in [1.82, 2.24) is 30.7 Å². The van der Waals surface area contributed by atoms with E-state index in [1.54, 1.807) is 55.0 Å². The van der Waals surface area contributed by atoms with Crippen molar-refractivity contribution >= 4 is 46.4 Å². The summed E-state index contributed by atoms with van der Waals surface area (Å²) in [5, 5.41) is 10.5. The molecule has 6 amide bonds. The third kappa shape index (κ3) is 15.9. The van der Waals surface area contributed by atoms with E-state index >= 15 is 0 Å². The van der Waals surface area contributed by atoms with Crippen LogP contribution in [0.2, 0.25) is 0 Å². The molecule has 0 spiro atoms. The Hall–Kier alpha value is -5.72. The summed E-state index contributed by atoms with van der Waals surface area (Å²) in [6, 6.07) is 20.1. The van der Waals surface area contributed by atoms with Gasteiger partial charge in [0.1, 0.15) is 23.7 Å². The van der Waals surface area contributed by atoms with Crippen molar-refractivity contribution in [2.45, 2.75) is 109 Å². The first-order valence-corrected chi connectivity index (χ1v) is 20.2. The van der Waals surface area contributed by atoms with E-state index in [0.29, 0.717) is 32.2 Å². The summed E-state index contributed by atoms with van der Waals surface area (Å²) in [6.07, 6.45) is 4.58. The van der Waals surface area contributed by atoms with Gasteiger partial charge in [-0.15, -0.1) is 0 Å². The number of hydrogen-bond donors (Lipinski definition) is 3. The molecule has 59 heavy (non-hydrogen) atoms. The average molecular weight is 813 g/mol. The van der Waals surface area contributed by atoms with Crippen LogP contribution in [0.5, 0.6) is 0 Å². The summed E-state index contributed by atoms with van der Waals surface area (Å²) in [7, 11) is 6.35. The molecule has 0 fully saturated rings. The van der Waals surface area contributed by atoms with Crippen LogP contribution in [0.25, 0.3) is 10.8 Å². The van der Waals surface area contributed by atoms with E-state index in [-0.39, 0.29) is 24.7 Å². The van der Waals surface area contributed by atoms with Crippen LogP contribution in [-0.2, 0) is 41.6 Å². The molecule has 0 aromatic heterocycles. The maximum Gasteiger partial charge on any atom is 0.408 e. The maximum absolute atomic E-state index is 14.8. The van der Waals surface area contributed by atoms with Crippen molar-refractivity contribution in [2.24, 2.45) is 0 Å². The second-order valence-electron chi connectivity index (χ2n) is 16.9. The van der Waals surface area contributed by atoms with Crippen molar-refractivity contribution in [3.05, 3.63) is 96.1 Å². The zero-order chi connectivity index (χ0) is 43.9. The van der Waals surface area contributed by atoms with E-state index in [1.165, 1.54) is 27.7 Å². The fourth-order valence-corrected chi connectivity index (χ4v) is 6.54. The van der Waals surface area contributed by atoms with Crippen LogP contribution in [0, 0.1) is 0 Å². The number of ether oxygens (including phenoxy) is 1. The Bertz CT molecular complexity index is 1940. The van der Waals surface area contributed by atoms with Crippen molar-refractivity contribution in [3.63, 3.8) is 0 Å². The van der Waals surface area contributed by atoms with Gasteiger partial charge in [0.15, 0.2) is 0 Å². The van der Waals surface area contributed by atoms with Gasteiger partial charge in [0.25, 0.3) is 0 Å². The Labute approximate surface area is 349 Å². The second-order valence-corrected chi connectivity index (χ2v) is 16.9. The monoisotopic (exact) mass is 812 g/mol. The molecule has 3 rings (SSSR count). The van der Waals surface area contributed by atoms with Crippen molar-refractivity contribution in [3.8, 4) is 0 Å². The molecule has 0 unspecified atom stereocenters. The van der Waals surface area contributed by atoms with Crippen molar-refractivity contribution in [1.29, 1.82) is 0 Å². The third-order valence-corrected chi connectivity index (χ3v) is 9.81. The number of unbranched alkanes of at least 4 members (excludes halogenated alkanes) is 1. The topological polar surface area (TPSA) is 157 Å². The van der Waals surface area contributed by atoms with Gasteiger partial charge in [-0.1, -0.05) is 78.9 Å². The van der Waals surface area contributed by atoms with Gasteiger partial charge in [0, 0.05) is 60.0 Å². The number of nitrogens with one attached hydrogen (secondary N) is 3. The fraction of sp³-hybridized carbons (Fsp3) is 0.478. The predicted octanol–water partition coefficient (Wildman–Crippen LogP) is 5.41. The maximum atomic E-state index is 14.8. The van der Waals surface area contributed by atoms with Crippen LogP contribution >= 0.6 is 0 Å². The SMILES string of the molecule is CC(=O)NCCCC[C@H](NC(=O)[C@@H](Cc1ccccc1)N(C)C(=O)[C@@H](Cc1ccc2ccccc2c1)N(C)C(=O)C=CCC(C)(C)NC(=O)OC(C)(C)C)C(=O)N(C)C. The van der Waals surface area contributed by atoms with Gasteiger partial charge in [-0.2, -0.15) is 0 Å². The fourth-order valence-electron chi connectivity index (χ4n) is 6.54. The van der Waals surface area contributed by atoms with Crippen LogP contribution < -0.4 is 16.0 Å². The lowest BCUT2D eigenvalue weighted by Crippen LogP contribution is -2.58. The molecule has 0 radical (unpaired) electrons. The first kappa shape index (κ1) is 47.7. The van der Waals surface area contributed by atoms with Crippen molar-refractivity contribution < 1.29 is 33.5 Å². The summed E-state index contributed by atoms with van der Waals surface area (Å²) >= 11 is 0. The zero-order valence-electron chi connectivity index (χ0n) is 36.5. The van der Waals surface area contributed by atoms with Gasteiger partial charge < -0.3 is 35.4 Å². The summed E-state index contributed by atoms with van der Waals surface area (Å²) in [5.74, 6) is -1.85. The molecule has 0 aliphatic rings. The van der Waals surface area contributed by atoms with Gasteiger partial charge in [-0.25, -0.2) is 4.79 Å². The number of nitrogens with zero attached hydrogens (tertiary/aromatic N) is 3. The molecule has 0 aliphatic heterocycles. The lowest BCUT2D eigenvalue weighted by atomic mass is 9.98. The highest BCUT2D eigenvalue weighted by molar-refractivity contribution is 5.96. The molecule has 0 saturated carbocycles. The standard InChI is InChI=1S/C46H64N6O7/c1-32(53)47-28-17-16-23-37(42(56)50(7)8)48-41(55)38(30-33-19-12-11-13-20-33)52(10)43(57)39(31-34-25-26-35-21-14-15-22-36(35)29-34)51(9)40(54)24-18-27-46(5,6)49-44(58)59-45(2,3)4/h11-15,18-22,24-26,29,37-39H,16-17,23,27-28,30-31H2,1-10H3,(H,47,53)(H,48,55)(H,49,58)/t37-,38+,39+/m0/s1. The van der Waals surface area contributed by atoms with E-state index in [1.807, 2.05) is 86.6 Å². The Morgan fingerprint density at radius 3 is 1.98 bits per heavy atom. The number of alkyl carbamates (subject to hydrolysis) is 1. The first-order valence-electron chi connectivity index (χ1n) is 20.2. The summed E-state index contributed by atoms with van der Waals surface area (Å²) in [5.41, 5.74) is 0.213. The lowest BCUT2D eigenvalue weighted by molar-refractivity contribution is -0.146. The Morgan fingerprint density at radius 2 is 1.36 bits per heavy atom. The molecule has 3 aromatic carbocycles. The molecule has 13 nitrogen and oxygen atoms in total. The summed E-state index contributed by atoms with van der Waals surface area (Å²) < 4.78 is 5.40. The predicted molar refractivity (Wildman–Crippen MR) is 231 cm³/mol. The highest BCUT2D eigenvalue weighted by Crippen LogP contribution is 2.21. The van der Waals surface area contributed by atoms with E-state index in [9.17, 15) is 28.8 Å². The van der Waals surface area contributed by atoms with Crippen LogP contribution in [-0.4, -0.2) is 114 Å². The minimum Gasteiger partial charge on any atom is -0.444 e. The van der Waals surface area contributed by atoms with Gasteiger partial charge in [-0.05, 0) is 88.3 Å². The zero-order valence-corrected chi connectivity index (χ0v) is 36.5. The van der Waals surface area contributed by atoms with Gasteiger partial charge >= 0.3 is 6.09 Å². The smallest absolute Gasteiger partial charge is 0.408 e. The molecule has 0 aliphatic carbocycles. The number of benzene rings is 3. The molecular formula is C46H64N6O7. The minimum atomic E-state index is -1.04. The van der Waals surface area contributed by atoms with Crippen LogP contribution in [0.3, 0.4) is 0 Å². The second kappa shape index (κ2) is 21.9. The number of amides is 6. The first-order chi connectivity index (χ1) is 27.7. The highest BCUT2D eigenvalue weighted by atomic mass is 16.6. The van der Waals surface area contributed by atoms with Crippen LogP contribution in [0.1, 0.15) is 78.4 Å². The molecule has 0 heterocycles. The van der Waals surface area contributed by atoms with Crippen LogP contribution in [0.4, 0.5) is 4.79 Å². The Morgan fingerprint density at radius 1 is 0.729 bits per heavy atom. The third-order valence-electron chi connectivity index (χ3n) is 9.81. The number of carbonyl (C=O) groups is 6. The Balaban J connectivity index is 1.95. The molecule has 320 valence electrons. The summed E-state index contributed by atoms with van der Waals surface area (Å²) in [6.45, 7) is 10.9. The molecule has 13 heteroatoms. The minimum absolute atomic E-state index is 0.144. The van der Waals surface area contributed by atoms with E-state index in [2.05, 4.69) is 16.0 Å². The number of hydrogen-bond acceptors (Lipinski definition) is 7. The van der Waals surface area contributed by atoms with Gasteiger partial charge in [-0.3, -0.25) is 24.0 Å². The number of carbonyl (C=O) groups excluding carboxylic acids is 6. The van der Waals surface area contributed by atoms with E-state index in [4.69, 9.17) is 4.74 Å². The molecule has 3 N–H and O–H groups in total. The van der Waals surface area contributed by atoms with Gasteiger partial charge in [0.05, 0.1) is 0 Å². The normalized spacial score (nSPS) is 13.2. The van der Waals surface area contributed by atoms with Gasteiger partial charge in [0.2, 0.25) is 29.5 Å². The number of rotatable bonds is 19. The average Bonchev–Trinajstić information content (AvgIpc) is 3.16. The molecule has 0 bridgehead atoms. The molecule has 3 aromatic rings. The molecule has 0 saturated heterocycles. The largest absolute Gasteiger partial charge is 0.444 e. The Kier molecular flexibility index (Phi) is 17.7. The molecule has 3 atom stereocenters. The lowest BCUT2D eigenvalue weighted by Gasteiger charge is -2.35. The highest BCUT2D eigenvalue weighted by Gasteiger charge is 2.36. The van der Waals surface area contributed by atoms with Crippen LogP contribution in [0.15, 0.2) is 84.9 Å². The molecular weight excluding hydrogens is 749 g/mol. The number of fused-ring (bicyclic) bond motifs is 1. The van der Waals surface area contributed by atoms with E-state index < -0.39 is 53.1 Å². The quantitative estimate of drug-likeness (QED) is 0.108.